The zero-order chi connectivity index (χ0) is 27.2. The third kappa shape index (κ3) is 6.20. The van der Waals surface area contributed by atoms with E-state index in [-0.39, 0.29) is 18.1 Å². The number of methoxy groups -OCH3 is 1. The molecule has 10 heteroatoms. The number of Topliss-reactive ketones (excluding diaryl/α,β-unsaturated/α-hetero) is 1. The average molecular weight is 522 g/mol. The van der Waals surface area contributed by atoms with Gasteiger partial charge in [0.1, 0.15) is 0 Å². The standard InChI is InChI=1S/C28H35N5O5/c1-19(18-38-3)33-26(35)24-17-23(30-27(36)29-22-9-7-8-21(16-22)20(2)34)10-11-25(24)32(28(33)37)15-14-31-12-5-4-6-13-31/h7-11,16-17,19H,4-6,12-15,18H2,1-3H3,(H2,29,30,36)/t19-/m1/s1. The SMILES string of the molecule is COC[C@@H](C)n1c(=O)c2cc(NC(=O)Nc3cccc(C(C)=O)c3)ccc2n(CCN2CCCCC2)c1=O. The van der Waals surface area contributed by atoms with Crippen molar-refractivity contribution in [2.24, 2.45) is 0 Å². The first kappa shape index (κ1) is 27.3. The number of carbonyl (C=O) groups excluding carboxylic acids is 2. The van der Waals surface area contributed by atoms with Crippen molar-refractivity contribution in [3.05, 3.63) is 68.9 Å². The van der Waals surface area contributed by atoms with Gasteiger partial charge < -0.3 is 20.3 Å². The molecule has 202 valence electrons. The summed E-state index contributed by atoms with van der Waals surface area (Å²) < 4.78 is 8.11. The van der Waals surface area contributed by atoms with Crippen LogP contribution in [0.1, 0.15) is 49.5 Å². The summed E-state index contributed by atoms with van der Waals surface area (Å²) in [4.78, 5) is 53.6. The Balaban J connectivity index is 1.65. The van der Waals surface area contributed by atoms with E-state index < -0.39 is 17.6 Å². The van der Waals surface area contributed by atoms with Crippen LogP contribution in [0.2, 0.25) is 0 Å². The van der Waals surface area contributed by atoms with Crippen LogP contribution in [0.3, 0.4) is 0 Å². The molecule has 0 bridgehead atoms. The molecule has 10 nitrogen and oxygen atoms in total. The molecule has 1 aliphatic rings. The number of benzene rings is 2. The summed E-state index contributed by atoms with van der Waals surface area (Å²) in [6.45, 7) is 6.63. The fourth-order valence-electron chi connectivity index (χ4n) is 4.92. The maximum Gasteiger partial charge on any atom is 0.331 e. The Bertz CT molecular complexity index is 1440. The molecule has 0 radical (unpaired) electrons. The minimum absolute atomic E-state index is 0.103. The molecular formula is C28H35N5O5. The van der Waals surface area contributed by atoms with E-state index >= 15 is 0 Å². The molecule has 1 atom stereocenters. The lowest BCUT2D eigenvalue weighted by atomic mass is 10.1. The topological polar surface area (TPSA) is 115 Å². The summed E-state index contributed by atoms with van der Waals surface area (Å²) >= 11 is 0. The molecule has 0 spiro atoms. The van der Waals surface area contributed by atoms with Gasteiger partial charge in [-0.15, -0.1) is 0 Å². The van der Waals surface area contributed by atoms with Crippen LogP contribution in [0.25, 0.3) is 10.9 Å². The number of carbonyl (C=O) groups is 2. The summed E-state index contributed by atoms with van der Waals surface area (Å²) in [5.41, 5.74) is 1.09. The fourth-order valence-corrected chi connectivity index (χ4v) is 4.92. The first-order valence-corrected chi connectivity index (χ1v) is 13.0. The molecule has 4 rings (SSSR count). The highest BCUT2D eigenvalue weighted by molar-refractivity contribution is 6.02. The molecule has 3 aromatic rings. The van der Waals surface area contributed by atoms with E-state index in [1.165, 1.54) is 25.0 Å². The van der Waals surface area contributed by atoms with E-state index in [2.05, 4.69) is 15.5 Å². The molecule has 2 aromatic carbocycles. The molecule has 1 fully saturated rings. The minimum Gasteiger partial charge on any atom is -0.383 e. The second-order valence-corrected chi connectivity index (χ2v) is 9.76. The Morgan fingerprint density at radius 3 is 2.37 bits per heavy atom. The summed E-state index contributed by atoms with van der Waals surface area (Å²) in [7, 11) is 1.53. The van der Waals surface area contributed by atoms with Crippen molar-refractivity contribution in [3.8, 4) is 0 Å². The Labute approximate surface area is 221 Å². The Hall–Kier alpha value is -3.76. The molecular weight excluding hydrogens is 486 g/mol. The van der Waals surface area contributed by atoms with Crippen molar-refractivity contribution in [1.82, 2.24) is 14.0 Å². The molecule has 2 N–H and O–H groups in total. The highest BCUT2D eigenvalue weighted by Crippen LogP contribution is 2.18. The number of nitrogens with one attached hydrogen (secondary N) is 2. The smallest absolute Gasteiger partial charge is 0.331 e. The number of fused-ring (bicyclic) bond motifs is 1. The number of amides is 2. The number of anilines is 2. The third-order valence-corrected chi connectivity index (χ3v) is 6.90. The number of ketones is 1. The normalized spacial score (nSPS) is 14.8. The first-order chi connectivity index (χ1) is 18.3. The van der Waals surface area contributed by atoms with Crippen LogP contribution in [0.4, 0.5) is 16.2 Å². The predicted octanol–water partition coefficient (Wildman–Crippen LogP) is 3.70. The Morgan fingerprint density at radius 1 is 0.974 bits per heavy atom. The van der Waals surface area contributed by atoms with Crippen molar-refractivity contribution >= 4 is 34.1 Å². The van der Waals surface area contributed by atoms with E-state index in [0.29, 0.717) is 40.9 Å². The quantitative estimate of drug-likeness (QED) is 0.415. The maximum atomic E-state index is 13.5. The van der Waals surface area contributed by atoms with Gasteiger partial charge in [0.2, 0.25) is 0 Å². The number of piperidine rings is 1. The van der Waals surface area contributed by atoms with Crippen LogP contribution < -0.4 is 21.9 Å². The van der Waals surface area contributed by atoms with E-state index in [0.717, 1.165) is 25.9 Å². The number of aromatic nitrogens is 2. The maximum absolute atomic E-state index is 13.5. The van der Waals surface area contributed by atoms with E-state index in [1.807, 2.05) is 0 Å². The number of urea groups is 1. The van der Waals surface area contributed by atoms with E-state index in [1.54, 1.807) is 54.0 Å². The molecule has 1 aromatic heterocycles. The number of rotatable bonds is 9. The van der Waals surface area contributed by atoms with E-state index in [4.69, 9.17) is 4.74 Å². The third-order valence-electron chi connectivity index (χ3n) is 6.90. The Morgan fingerprint density at radius 2 is 1.68 bits per heavy atom. The zero-order valence-corrected chi connectivity index (χ0v) is 22.2. The zero-order valence-electron chi connectivity index (χ0n) is 22.2. The molecule has 0 unspecified atom stereocenters. The lowest BCUT2D eigenvalue weighted by Gasteiger charge is -2.27. The van der Waals surface area contributed by atoms with Gasteiger partial charge in [-0.25, -0.2) is 9.59 Å². The highest BCUT2D eigenvalue weighted by Gasteiger charge is 2.19. The molecule has 1 aliphatic heterocycles. The van der Waals surface area contributed by atoms with Gasteiger partial charge in [-0.1, -0.05) is 18.6 Å². The molecule has 2 heterocycles. The van der Waals surface area contributed by atoms with Gasteiger partial charge in [0.25, 0.3) is 5.56 Å². The summed E-state index contributed by atoms with van der Waals surface area (Å²) in [6.07, 6.45) is 3.52. The minimum atomic E-state index is -0.517. The fraction of sp³-hybridized carbons (Fsp3) is 0.429. The van der Waals surface area contributed by atoms with Gasteiger partial charge in [-0.05, 0) is 70.1 Å². The summed E-state index contributed by atoms with van der Waals surface area (Å²) in [5.74, 6) is -0.103. The molecule has 2 amide bonds. The summed E-state index contributed by atoms with van der Waals surface area (Å²) in [5, 5.41) is 5.79. The van der Waals surface area contributed by atoms with Gasteiger partial charge in [-0.2, -0.15) is 0 Å². The van der Waals surface area contributed by atoms with Crippen molar-refractivity contribution in [2.45, 2.75) is 45.7 Å². The van der Waals surface area contributed by atoms with Gasteiger partial charge >= 0.3 is 11.7 Å². The predicted molar refractivity (Wildman–Crippen MR) is 148 cm³/mol. The Kier molecular flexibility index (Phi) is 8.75. The van der Waals surface area contributed by atoms with Crippen LogP contribution >= 0.6 is 0 Å². The second-order valence-electron chi connectivity index (χ2n) is 9.76. The van der Waals surface area contributed by atoms with Crippen molar-refractivity contribution < 1.29 is 14.3 Å². The average Bonchev–Trinajstić information content (AvgIpc) is 2.89. The van der Waals surface area contributed by atoms with Crippen LogP contribution in [0, 0.1) is 0 Å². The number of hydrogen-bond acceptors (Lipinski definition) is 6. The summed E-state index contributed by atoms with van der Waals surface area (Å²) in [6, 6.07) is 10.6. The largest absolute Gasteiger partial charge is 0.383 e. The highest BCUT2D eigenvalue weighted by atomic mass is 16.5. The van der Waals surface area contributed by atoms with E-state index in [9.17, 15) is 19.2 Å². The van der Waals surface area contributed by atoms with Crippen molar-refractivity contribution in [1.29, 1.82) is 0 Å². The van der Waals surface area contributed by atoms with Crippen molar-refractivity contribution in [3.63, 3.8) is 0 Å². The lowest BCUT2D eigenvalue weighted by Crippen LogP contribution is -2.44. The van der Waals surface area contributed by atoms with Crippen LogP contribution in [-0.4, -0.2) is 59.2 Å². The van der Waals surface area contributed by atoms with Crippen molar-refractivity contribution in [2.75, 3.05) is 44.0 Å². The molecule has 0 saturated carbocycles. The number of nitrogens with zero attached hydrogens (tertiary/aromatic N) is 3. The van der Waals surface area contributed by atoms with Crippen LogP contribution in [-0.2, 0) is 11.3 Å². The van der Waals surface area contributed by atoms with Gasteiger partial charge in [0.15, 0.2) is 5.78 Å². The van der Waals surface area contributed by atoms with Gasteiger partial charge in [-0.3, -0.25) is 18.7 Å². The second kappa shape index (κ2) is 12.2. The molecule has 0 aliphatic carbocycles. The monoisotopic (exact) mass is 521 g/mol. The number of hydrogen-bond donors (Lipinski definition) is 2. The number of likely N-dealkylation sites (tertiary alicyclic amines) is 1. The lowest BCUT2D eigenvalue weighted by molar-refractivity contribution is 0.101. The van der Waals surface area contributed by atoms with Gasteiger partial charge in [0, 0.05) is 37.1 Å². The number of ether oxygens (including phenoxy) is 1. The molecule has 38 heavy (non-hydrogen) atoms. The molecule has 1 saturated heterocycles. The van der Waals surface area contributed by atoms with Crippen LogP contribution in [0.5, 0.6) is 0 Å². The van der Waals surface area contributed by atoms with Gasteiger partial charge in [0.05, 0.1) is 23.6 Å². The first-order valence-electron chi connectivity index (χ1n) is 13.0. The van der Waals surface area contributed by atoms with Crippen LogP contribution in [0.15, 0.2) is 52.1 Å².